The molecule has 1 unspecified atom stereocenters. The highest BCUT2D eigenvalue weighted by Crippen LogP contribution is 2.43. The number of thioether (sulfide) groups is 1. The van der Waals surface area contributed by atoms with E-state index in [1.165, 1.54) is 29.7 Å². The molecule has 1 saturated carbocycles. The Labute approximate surface area is 120 Å². The first-order chi connectivity index (χ1) is 9.29. The molecule has 0 radical (unpaired) electrons. The molecule has 1 aromatic rings. The van der Waals surface area contributed by atoms with Crippen LogP contribution >= 0.6 is 11.8 Å². The van der Waals surface area contributed by atoms with Crippen LogP contribution in [0.3, 0.4) is 0 Å². The summed E-state index contributed by atoms with van der Waals surface area (Å²) >= 11 is 1.85. The van der Waals surface area contributed by atoms with Crippen molar-refractivity contribution in [1.82, 2.24) is 0 Å². The lowest BCUT2D eigenvalue weighted by atomic mass is 9.76. The number of hydrogen-bond acceptors (Lipinski definition) is 2. The fourth-order valence-corrected chi connectivity index (χ4v) is 4.78. The first-order valence-corrected chi connectivity index (χ1v) is 8.53. The molecule has 1 fully saturated rings. The number of rotatable bonds is 3. The van der Waals surface area contributed by atoms with Gasteiger partial charge in [0.05, 0.1) is 5.92 Å². The van der Waals surface area contributed by atoms with Gasteiger partial charge in [0.2, 0.25) is 0 Å². The van der Waals surface area contributed by atoms with Gasteiger partial charge >= 0.3 is 0 Å². The van der Waals surface area contributed by atoms with Crippen molar-refractivity contribution in [3.05, 3.63) is 29.8 Å². The largest absolute Gasteiger partial charge is 0.299 e. The number of hydrogen-bond donors (Lipinski definition) is 0. The highest BCUT2D eigenvalue weighted by molar-refractivity contribution is 7.99. The lowest BCUT2D eigenvalue weighted by Gasteiger charge is -2.28. The van der Waals surface area contributed by atoms with Gasteiger partial charge < -0.3 is 0 Å². The summed E-state index contributed by atoms with van der Waals surface area (Å²) in [6.45, 7) is 2.27. The van der Waals surface area contributed by atoms with Crippen molar-refractivity contribution in [2.24, 2.45) is 11.8 Å². The van der Waals surface area contributed by atoms with E-state index < -0.39 is 0 Å². The van der Waals surface area contributed by atoms with E-state index in [9.17, 15) is 4.79 Å². The third-order valence-electron chi connectivity index (χ3n) is 4.87. The molecule has 3 rings (SSSR count). The summed E-state index contributed by atoms with van der Waals surface area (Å²) in [5.74, 6) is 2.86. The Balaban J connectivity index is 1.69. The van der Waals surface area contributed by atoms with Gasteiger partial charge in [-0.25, -0.2) is 0 Å². The summed E-state index contributed by atoms with van der Waals surface area (Å²) in [5.41, 5.74) is 1.29. The van der Waals surface area contributed by atoms with E-state index in [4.69, 9.17) is 0 Å². The predicted molar refractivity (Wildman–Crippen MR) is 80.7 cm³/mol. The van der Waals surface area contributed by atoms with Crippen LogP contribution in [0.15, 0.2) is 29.2 Å². The average Bonchev–Trinajstić information content (AvgIpc) is 2.90. The SMILES string of the molecule is CCC1CCC(C(=O)C2CSc3ccccc32)CC1. The molecule has 19 heavy (non-hydrogen) atoms. The number of Topliss-reactive ketones (excluding diaryl/α,β-unsaturated/α-hetero) is 1. The maximum atomic E-state index is 12.7. The average molecular weight is 274 g/mol. The molecule has 1 atom stereocenters. The molecule has 1 nitrogen and oxygen atoms in total. The van der Waals surface area contributed by atoms with Gasteiger partial charge in [-0.2, -0.15) is 0 Å². The molecule has 1 aromatic carbocycles. The zero-order valence-electron chi connectivity index (χ0n) is 11.6. The van der Waals surface area contributed by atoms with Gasteiger partial charge in [-0.1, -0.05) is 31.5 Å². The summed E-state index contributed by atoms with van der Waals surface area (Å²) in [7, 11) is 0. The van der Waals surface area contributed by atoms with Gasteiger partial charge in [-0.15, -0.1) is 11.8 Å². The third-order valence-corrected chi connectivity index (χ3v) is 6.05. The molecular weight excluding hydrogens is 252 g/mol. The number of carbonyl (C=O) groups is 1. The maximum absolute atomic E-state index is 12.7. The Morgan fingerprint density at radius 1 is 1.21 bits per heavy atom. The molecule has 0 amide bonds. The van der Waals surface area contributed by atoms with E-state index in [2.05, 4.69) is 31.2 Å². The molecular formula is C17H22OS. The van der Waals surface area contributed by atoms with Crippen LogP contribution in [0, 0.1) is 11.8 Å². The fourth-order valence-electron chi connectivity index (χ4n) is 3.54. The second-order valence-electron chi connectivity index (χ2n) is 5.93. The first kappa shape index (κ1) is 13.2. The predicted octanol–water partition coefficient (Wildman–Crippen LogP) is 4.66. The van der Waals surface area contributed by atoms with Crippen LogP contribution in [0.25, 0.3) is 0 Å². The molecule has 102 valence electrons. The van der Waals surface area contributed by atoms with Crippen molar-refractivity contribution in [2.75, 3.05) is 5.75 Å². The van der Waals surface area contributed by atoms with Crippen LogP contribution in [0.2, 0.25) is 0 Å². The van der Waals surface area contributed by atoms with Crippen LogP contribution in [-0.2, 0) is 4.79 Å². The number of ketones is 1. The molecule has 1 heterocycles. The van der Waals surface area contributed by atoms with Gasteiger partial charge in [0.15, 0.2) is 0 Å². The maximum Gasteiger partial charge on any atom is 0.144 e. The van der Waals surface area contributed by atoms with Crippen molar-refractivity contribution in [3.63, 3.8) is 0 Å². The highest BCUT2D eigenvalue weighted by atomic mass is 32.2. The molecule has 0 saturated heterocycles. The van der Waals surface area contributed by atoms with Gasteiger partial charge in [0.1, 0.15) is 5.78 Å². The Morgan fingerprint density at radius 3 is 2.68 bits per heavy atom. The lowest BCUT2D eigenvalue weighted by molar-refractivity contribution is -0.125. The summed E-state index contributed by atoms with van der Waals surface area (Å²) in [6.07, 6.45) is 6.05. The molecule has 0 N–H and O–H groups in total. The van der Waals surface area contributed by atoms with E-state index in [1.807, 2.05) is 11.8 Å². The van der Waals surface area contributed by atoms with Crippen molar-refractivity contribution in [1.29, 1.82) is 0 Å². The van der Waals surface area contributed by atoms with Crippen LogP contribution < -0.4 is 0 Å². The van der Waals surface area contributed by atoms with E-state index in [-0.39, 0.29) is 5.92 Å². The van der Waals surface area contributed by atoms with E-state index in [0.717, 1.165) is 24.5 Å². The molecule has 1 aliphatic carbocycles. The van der Waals surface area contributed by atoms with E-state index >= 15 is 0 Å². The van der Waals surface area contributed by atoms with Crippen LogP contribution in [0.5, 0.6) is 0 Å². The second-order valence-corrected chi connectivity index (χ2v) is 6.99. The monoisotopic (exact) mass is 274 g/mol. The number of fused-ring (bicyclic) bond motifs is 1. The third kappa shape index (κ3) is 2.60. The van der Waals surface area contributed by atoms with Crippen molar-refractivity contribution in [2.45, 2.75) is 49.8 Å². The highest BCUT2D eigenvalue weighted by Gasteiger charge is 2.34. The molecule has 2 heteroatoms. The lowest BCUT2D eigenvalue weighted by Crippen LogP contribution is -2.26. The van der Waals surface area contributed by atoms with Gasteiger partial charge in [-0.05, 0) is 43.2 Å². The minimum atomic E-state index is 0.171. The minimum Gasteiger partial charge on any atom is -0.299 e. The van der Waals surface area contributed by atoms with Gasteiger partial charge in [0.25, 0.3) is 0 Å². The smallest absolute Gasteiger partial charge is 0.144 e. The molecule has 2 aliphatic rings. The Kier molecular flexibility index (Phi) is 3.97. The number of benzene rings is 1. The normalized spacial score (nSPS) is 30.1. The van der Waals surface area contributed by atoms with E-state index in [0.29, 0.717) is 11.7 Å². The van der Waals surface area contributed by atoms with Gasteiger partial charge in [0, 0.05) is 16.6 Å². The molecule has 0 spiro atoms. The molecule has 1 aliphatic heterocycles. The first-order valence-electron chi connectivity index (χ1n) is 7.55. The minimum absolute atomic E-state index is 0.171. The Bertz CT molecular complexity index is 460. The summed E-state index contributed by atoms with van der Waals surface area (Å²) < 4.78 is 0. The zero-order chi connectivity index (χ0) is 13.2. The van der Waals surface area contributed by atoms with Crippen molar-refractivity contribution in [3.8, 4) is 0 Å². The van der Waals surface area contributed by atoms with E-state index in [1.54, 1.807) is 0 Å². The van der Waals surface area contributed by atoms with Gasteiger partial charge in [-0.3, -0.25) is 4.79 Å². The Morgan fingerprint density at radius 2 is 1.95 bits per heavy atom. The van der Waals surface area contributed by atoms with Crippen molar-refractivity contribution < 1.29 is 4.79 Å². The van der Waals surface area contributed by atoms with Crippen molar-refractivity contribution >= 4 is 17.5 Å². The van der Waals surface area contributed by atoms with Crippen LogP contribution in [0.1, 0.15) is 50.5 Å². The zero-order valence-corrected chi connectivity index (χ0v) is 12.4. The molecule has 0 bridgehead atoms. The number of carbonyl (C=O) groups excluding carboxylic acids is 1. The van der Waals surface area contributed by atoms with Crippen LogP contribution in [0.4, 0.5) is 0 Å². The molecule has 0 aromatic heterocycles. The summed E-state index contributed by atoms with van der Waals surface area (Å²) in [6, 6.07) is 8.45. The standard InChI is InChI=1S/C17H22OS/c1-2-12-7-9-13(10-8-12)17(18)15-11-19-16-6-4-3-5-14(15)16/h3-6,12-13,15H,2,7-11H2,1H3. The van der Waals surface area contributed by atoms with Crippen LogP contribution in [-0.4, -0.2) is 11.5 Å². The topological polar surface area (TPSA) is 17.1 Å². The summed E-state index contributed by atoms with van der Waals surface area (Å²) in [5, 5.41) is 0. The Hall–Kier alpha value is -0.760. The second kappa shape index (κ2) is 5.70. The quantitative estimate of drug-likeness (QED) is 0.797. The summed E-state index contributed by atoms with van der Waals surface area (Å²) in [4.78, 5) is 14.1. The fraction of sp³-hybridized carbons (Fsp3) is 0.588.